The standard InChI is InChI=1S/C22H27N3O5S/c1-5-6-11-23-20(26)14-7-9-16(10-8-14)24-22(31)25-21(27)15-12-17(28-2)19(30-4)18(13-15)29-3/h7-10,12-13H,5-6,11H2,1-4H3,(H,23,26)(H2,24,25,27,31). The summed E-state index contributed by atoms with van der Waals surface area (Å²) in [5, 5.41) is 8.50. The summed E-state index contributed by atoms with van der Waals surface area (Å²) in [6.45, 7) is 2.71. The molecule has 166 valence electrons. The SMILES string of the molecule is CCCCNC(=O)c1ccc(NC(=S)NC(=O)c2cc(OC)c(OC)c(OC)c2)cc1. The number of rotatable bonds is 9. The van der Waals surface area contributed by atoms with Crippen molar-refractivity contribution in [2.75, 3.05) is 33.2 Å². The monoisotopic (exact) mass is 445 g/mol. The van der Waals surface area contributed by atoms with Crippen molar-refractivity contribution in [1.29, 1.82) is 0 Å². The number of thiocarbonyl (C=S) groups is 1. The molecular weight excluding hydrogens is 418 g/mol. The number of ether oxygens (including phenoxy) is 3. The number of benzene rings is 2. The van der Waals surface area contributed by atoms with Crippen LogP contribution in [0.3, 0.4) is 0 Å². The van der Waals surface area contributed by atoms with E-state index in [0.29, 0.717) is 35.0 Å². The second kappa shape index (κ2) is 11.8. The Bertz CT molecular complexity index is 906. The Labute approximate surface area is 187 Å². The lowest BCUT2D eigenvalue weighted by Crippen LogP contribution is -2.34. The number of unbranched alkanes of at least 4 members (excludes halogenated alkanes) is 1. The molecule has 0 radical (unpaired) electrons. The highest BCUT2D eigenvalue weighted by Crippen LogP contribution is 2.38. The first-order valence-corrected chi connectivity index (χ1v) is 10.1. The molecule has 2 rings (SSSR count). The molecule has 0 atom stereocenters. The molecule has 0 aliphatic heterocycles. The summed E-state index contributed by atoms with van der Waals surface area (Å²) in [6.07, 6.45) is 1.95. The number of methoxy groups -OCH3 is 3. The van der Waals surface area contributed by atoms with Gasteiger partial charge in [0.15, 0.2) is 16.6 Å². The van der Waals surface area contributed by atoms with Gasteiger partial charge in [0.2, 0.25) is 5.75 Å². The summed E-state index contributed by atoms with van der Waals surface area (Å²) in [4.78, 5) is 24.7. The predicted octanol–water partition coefficient (Wildman–Crippen LogP) is 3.37. The predicted molar refractivity (Wildman–Crippen MR) is 123 cm³/mol. The van der Waals surface area contributed by atoms with E-state index in [1.54, 1.807) is 24.3 Å². The van der Waals surface area contributed by atoms with Crippen LogP contribution in [0, 0.1) is 0 Å². The average molecular weight is 446 g/mol. The van der Waals surface area contributed by atoms with Gasteiger partial charge in [0.25, 0.3) is 11.8 Å². The van der Waals surface area contributed by atoms with Crippen molar-refractivity contribution in [2.24, 2.45) is 0 Å². The zero-order valence-corrected chi connectivity index (χ0v) is 18.9. The van der Waals surface area contributed by atoms with Crippen LogP contribution < -0.4 is 30.2 Å². The average Bonchev–Trinajstić information content (AvgIpc) is 2.78. The van der Waals surface area contributed by atoms with Crippen LogP contribution in [0.4, 0.5) is 5.69 Å². The van der Waals surface area contributed by atoms with Gasteiger partial charge in [-0.1, -0.05) is 13.3 Å². The Morgan fingerprint density at radius 3 is 2.03 bits per heavy atom. The molecule has 2 aromatic carbocycles. The van der Waals surface area contributed by atoms with Gasteiger partial charge in [0.05, 0.1) is 21.3 Å². The van der Waals surface area contributed by atoms with E-state index in [0.717, 1.165) is 12.8 Å². The zero-order chi connectivity index (χ0) is 22.8. The van der Waals surface area contributed by atoms with Crippen LogP contribution in [-0.2, 0) is 0 Å². The normalized spacial score (nSPS) is 10.1. The summed E-state index contributed by atoms with van der Waals surface area (Å²) >= 11 is 5.23. The third kappa shape index (κ3) is 6.58. The smallest absolute Gasteiger partial charge is 0.257 e. The van der Waals surface area contributed by atoms with Crippen LogP contribution in [-0.4, -0.2) is 44.8 Å². The van der Waals surface area contributed by atoms with Crippen LogP contribution in [0.5, 0.6) is 17.2 Å². The van der Waals surface area contributed by atoms with Gasteiger partial charge < -0.3 is 24.8 Å². The van der Waals surface area contributed by atoms with Gasteiger partial charge in [-0.15, -0.1) is 0 Å². The van der Waals surface area contributed by atoms with Gasteiger partial charge >= 0.3 is 0 Å². The molecule has 0 heterocycles. The van der Waals surface area contributed by atoms with E-state index in [9.17, 15) is 9.59 Å². The molecule has 9 heteroatoms. The molecule has 8 nitrogen and oxygen atoms in total. The van der Waals surface area contributed by atoms with Crippen molar-refractivity contribution in [3.63, 3.8) is 0 Å². The minimum Gasteiger partial charge on any atom is -0.493 e. The van der Waals surface area contributed by atoms with Crippen LogP contribution in [0.15, 0.2) is 36.4 Å². The molecule has 0 aliphatic carbocycles. The number of anilines is 1. The highest BCUT2D eigenvalue weighted by atomic mass is 32.1. The Hall–Kier alpha value is -3.33. The molecule has 0 unspecified atom stereocenters. The van der Waals surface area contributed by atoms with Crippen molar-refractivity contribution < 1.29 is 23.8 Å². The van der Waals surface area contributed by atoms with Crippen molar-refractivity contribution in [3.8, 4) is 17.2 Å². The number of nitrogens with one attached hydrogen (secondary N) is 3. The molecule has 2 amide bonds. The van der Waals surface area contributed by atoms with Crippen LogP contribution in [0.25, 0.3) is 0 Å². The Balaban J connectivity index is 2.01. The van der Waals surface area contributed by atoms with E-state index in [1.807, 2.05) is 0 Å². The fourth-order valence-corrected chi connectivity index (χ4v) is 2.95. The maximum Gasteiger partial charge on any atom is 0.257 e. The highest BCUT2D eigenvalue weighted by Gasteiger charge is 2.17. The van der Waals surface area contributed by atoms with Crippen molar-refractivity contribution >= 4 is 34.8 Å². The van der Waals surface area contributed by atoms with Crippen LogP contribution >= 0.6 is 12.2 Å². The number of amides is 2. The van der Waals surface area contributed by atoms with Crippen molar-refractivity contribution in [2.45, 2.75) is 19.8 Å². The van der Waals surface area contributed by atoms with Gasteiger partial charge in [-0.3, -0.25) is 14.9 Å². The minimum atomic E-state index is -0.441. The highest BCUT2D eigenvalue weighted by molar-refractivity contribution is 7.80. The Morgan fingerprint density at radius 2 is 1.52 bits per heavy atom. The third-order valence-electron chi connectivity index (χ3n) is 4.37. The molecule has 3 N–H and O–H groups in total. The van der Waals surface area contributed by atoms with Crippen molar-refractivity contribution in [1.82, 2.24) is 10.6 Å². The van der Waals surface area contributed by atoms with E-state index in [2.05, 4.69) is 22.9 Å². The Kier molecular flexibility index (Phi) is 9.08. The summed E-state index contributed by atoms with van der Waals surface area (Å²) in [5.74, 6) is 0.542. The fraction of sp³-hybridized carbons (Fsp3) is 0.318. The molecule has 0 aliphatic rings. The molecule has 0 saturated carbocycles. The molecule has 0 aromatic heterocycles. The quantitative estimate of drug-likeness (QED) is 0.402. The number of hydrogen-bond donors (Lipinski definition) is 3. The van der Waals surface area contributed by atoms with Gasteiger partial charge in [-0.2, -0.15) is 0 Å². The van der Waals surface area contributed by atoms with E-state index < -0.39 is 5.91 Å². The first-order valence-electron chi connectivity index (χ1n) is 9.74. The summed E-state index contributed by atoms with van der Waals surface area (Å²) in [5.41, 5.74) is 1.48. The van der Waals surface area contributed by atoms with E-state index in [1.165, 1.54) is 33.5 Å². The second-order valence-corrected chi connectivity index (χ2v) is 6.92. The Morgan fingerprint density at radius 1 is 0.903 bits per heavy atom. The largest absolute Gasteiger partial charge is 0.493 e. The second-order valence-electron chi connectivity index (χ2n) is 6.51. The van der Waals surface area contributed by atoms with E-state index in [-0.39, 0.29) is 16.6 Å². The summed E-state index contributed by atoms with van der Waals surface area (Å²) < 4.78 is 15.8. The molecule has 0 spiro atoms. The lowest BCUT2D eigenvalue weighted by Gasteiger charge is -2.14. The van der Waals surface area contributed by atoms with E-state index >= 15 is 0 Å². The topological polar surface area (TPSA) is 97.9 Å². The third-order valence-corrected chi connectivity index (χ3v) is 4.58. The molecule has 31 heavy (non-hydrogen) atoms. The van der Waals surface area contributed by atoms with E-state index in [4.69, 9.17) is 26.4 Å². The summed E-state index contributed by atoms with van der Waals surface area (Å²) in [7, 11) is 4.43. The number of carbonyl (C=O) groups excluding carboxylic acids is 2. The molecule has 2 aromatic rings. The first kappa shape index (κ1) is 23.9. The van der Waals surface area contributed by atoms with Gasteiger partial charge in [0.1, 0.15) is 0 Å². The zero-order valence-electron chi connectivity index (χ0n) is 18.0. The van der Waals surface area contributed by atoms with Gasteiger partial charge in [-0.05, 0) is 55.0 Å². The maximum absolute atomic E-state index is 12.6. The fourth-order valence-electron chi connectivity index (χ4n) is 2.74. The van der Waals surface area contributed by atoms with Crippen molar-refractivity contribution in [3.05, 3.63) is 47.5 Å². The molecule has 0 fully saturated rings. The van der Waals surface area contributed by atoms with Crippen LogP contribution in [0.2, 0.25) is 0 Å². The molecular formula is C22H27N3O5S. The maximum atomic E-state index is 12.6. The lowest BCUT2D eigenvalue weighted by atomic mass is 10.1. The summed E-state index contributed by atoms with van der Waals surface area (Å²) in [6, 6.07) is 9.87. The molecule has 0 saturated heterocycles. The first-order chi connectivity index (χ1) is 14.9. The molecule has 0 bridgehead atoms. The van der Waals surface area contributed by atoms with Gasteiger partial charge in [-0.25, -0.2) is 0 Å². The lowest BCUT2D eigenvalue weighted by molar-refractivity contribution is 0.0950. The minimum absolute atomic E-state index is 0.110. The number of carbonyl (C=O) groups is 2. The van der Waals surface area contributed by atoms with Gasteiger partial charge in [0, 0.05) is 23.4 Å². The van der Waals surface area contributed by atoms with Crippen LogP contribution in [0.1, 0.15) is 40.5 Å². The number of hydrogen-bond acceptors (Lipinski definition) is 6.